The van der Waals surface area contributed by atoms with Gasteiger partial charge >= 0.3 is 0 Å². The van der Waals surface area contributed by atoms with E-state index in [1.807, 2.05) is 38.4 Å². The molecule has 5 nitrogen and oxygen atoms in total. The largest absolute Gasteiger partial charge is 0.368 e. The number of pyridine rings is 1. The van der Waals surface area contributed by atoms with Crippen molar-refractivity contribution in [3.05, 3.63) is 30.1 Å². The molecule has 0 aliphatic heterocycles. The number of rotatable bonds is 9. The van der Waals surface area contributed by atoms with Gasteiger partial charge in [0.1, 0.15) is 5.54 Å². The number of hydrogen-bond acceptors (Lipinski definition) is 4. The first-order chi connectivity index (χ1) is 10.1. The highest BCUT2D eigenvalue weighted by molar-refractivity contribution is 5.86. The minimum Gasteiger partial charge on any atom is -0.368 e. The van der Waals surface area contributed by atoms with Crippen molar-refractivity contribution in [2.75, 3.05) is 26.7 Å². The number of amides is 1. The zero-order chi connectivity index (χ0) is 15.3. The molecule has 0 bridgehead atoms. The molecule has 116 valence electrons. The van der Waals surface area contributed by atoms with Crippen LogP contribution in [0, 0.1) is 5.92 Å². The van der Waals surface area contributed by atoms with Crippen LogP contribution in [0.25, 0.3) is 0 Å². The molecule has 2 rings (SSSR count). The summed E-state index contributed by atoms with van der Waals surface area (Å²) in [4.78, 5) is 18.5. The number of nitrogens with one attached hydrogen (secondary N) is 1. The summed E-state index contributed by atoms with van der Waals surface area (Å²) in [6, 6.07) is 5.95. The van der Waals surface area contributed by atoms with Crippen molar-refractivity contribution in [1.29, 1.82) is 0 Å². The maximum atomic E-state index is 12.0. The Morgan fingerprint density at radius 1 is 1.52 bits per heavy atom. The van der Waals surface area contributed by atoms with Crippen LogP contribution in [0.5, 0.6) is 0 Å². The SMILES string of the molecule is CCNC(CN(C)CCc1ccccn1)(C(N)=O)C1CC1. The van der Waals surface area contributed by atoms with E-state index in [1.165, 1.54) is 0 Å². The molecule has 0 saturated heterocycles. The Bertz CT molecular complexity index is 461. The van der Waals surface area contributed by atoms with Gasteiger partial charge in [-0.2, -0.15) is 0 Å². The molecular formula is C16H26N4O. The van der Waals surface area contributed by atoms with Gasteiger partial charge in [-0.05, 0) is 44.5 Å². The summed E-state index contributed by atoms with van der Waals surface area (Å²) >= 11 is 0. The van der Waals surface area contributed by atoms with Gasteiger partial charge in [0.05, 0.1) is 0 Å². The van der Waals surface area contributed by atoms with E-state index >= 15 is 0 Å². The van der Waals surface area contributed by atoms with E-state index in [4.69, 9.17) is 5.73 Å². The molecule has 1 aromatic rings. The topological polar surface area (TPSA) is 71.2 Å². The van der Waals surface area contributed by atoms with Crippen LogP contribution >= 0.6 is 0 Å². The fourth-order valence-corrected chi connectivity index (χ4v) is 2.94. The van der Waals surface area contributed by atoms with Gasteiger partial charge in [0, 0.05) is 31.4 Å². The highest BCUT2D eigenvalue weighted by atomic mass is 16.1. The Balaban J connectivity index is 1.94. The van der Waals surface area contributed by atoms with Crippen molar-refractivity contribution in [3.8, 4) is 0 Å². The fourth-order valence-electron chi connectivity index (χ4n) is 2.94. The minimum absolute atomic E-state index is 0.225. The van der Waals surface area contributed by atoms with Crippen LogP contribution < -0.4 is 11.1 Å². The maximum Gasteiger partial charge on any atom is 0.239 e. The molecule has 1 aliphatic rings. The lowest BCUT2D eigenvalue weighted by atomic mass is 9.91. The summed E-state index contributed by atoms with van der Waals surface area (Å²) in [7, 11) is 2.04. The van der Waals surface area contributed by atoms with Crippen LogP contribution in [-0.2, 0) is 11.2 Å². The summed E-state index contributed by atoms with van der Waals surface area (Å²) in [5.41, 5.74) is 6.21. The molecule has 1 heterocycles. The van der Waals surface area contributed by atoms with Crippen molar-refractivity contribution < 1.29 is 4.79 Å². The highest BCUT2D eigenvalue weighted by Gasteiger charge is 2.49. The van der Waals surface area contributed by atoms with Crippen LogP contribution in [0.3, 0.4) is 0 Å². The number of nitrogens with two attached hydrogens (primary N) is 1. The fraction of sp³-hybridized carbons (Fsp3) is 0.625. The molecule has 1 aliphatic carbocycles. The van der Waals surface area contributed by atoms with Gasteiger partial charge in [0.15, 0.2) is 0 Å². The zero-order valence-corrected chi connectivity index (χ0v) is 13.0. The molecule has 5 heteroatoms. The van der Waals surface area contributed by atoms with Crippen molar-refractivity contribution in [3.63, 3.8) is 0 Å². The average molecular weight is 290 g/mol. The van der Waals surface area contributed by atoms with E-state index in [-0.39, 0.29) is 5.91 Å². The summed E-state index contributed by atoms with van der Waals surface area (Å²) in [5, 5.41) is 3.35. The predicted molar refractivity (Wildman–Crippen MR) is 83.8 cm³/mol. The van der Waals surface area contributed by atoms with E-state index in [0.717, 1.165) is 38.0 Å². The standard InChI is InChI=1S/C16H26N4O/c1-3-19-16(15(17)21,13-7-8-13)12-20(2)11-9-14-6-4-5-10-18-14/h4-6,10,13,19H,3,7-9,11-12H2,1-2H3,(H2,17,21). The Morgan fingerprint density at radius 3 is 2.81 bits per heavy atom. The summed E-state index contributed by atoms with van der Waals surface area (Å²) < 4.78 is 0. The number of hydrogen-bond donors (Lipinski definition) is 2. The summed E-state index contributed by atoms with van der Waals surface area (Å²) in [6.07, 6.45) is 4.86. The Morgan fingerprint density at radius 2 is 2.29 bits per heavy atom. The lowest BCUT2D eigenvalue weighted by Gasteiger charge is -2.35. The minimum atomic E-state index is -0.576. The number of carbonyl (C=O) groups is 1. The predicted octanol–water partition coefficient (Wildman–Crippen LogP) is 0.799. The van der Waals surface area contributed by atoms with Gasteiger partial charge in [-0.25, -0.2) is 0 Å². The number of carbonyl (C=O) groups excluding carboxylic acids is 1. The van der Waals surface area contributed by atoms with Crippen LogP contribution in [0.15, 0.2) is 24.4 Å². The average Bonchev–Trinajstić information content (AvgIpc) is 3.30. The van der Waals surface area contributed by atoms with E-state index in [0.29, 0.717) is 12.5 Å². The molecule has 1 amide bonds. The van der Waals surface area contributed by atoms with E-state index in [1.54, 1.807) is 0 Å². The van der Waals surface area contributed by atoms with Gasteiger partial charge in [0.2, 0.25) is 5.91 Å². The number of nitrogens with zero attached hydrogens (tertiary/aromatic N) is 2. The van der Waals surface area contributed by atoms with Crippen molar-refractivity contribution in [1.82, 2.24) is 15.2 Å². The second-order valence-corrected chi connectivity index (χ2v) is 5.95. The summed E-state index contributed by atoms with van der Waals surface area (Å²) in [5.74, 6) is 0.156. The Hall–Kier alpha value is -1.46. The quantitative estimate of drug-likeness (QED) is 0.706. The van der Waals surface area contributed by atoms with Gasteiger partial charge in [0.25, 0.3) is 0 Å². The molecule has 0 radical (unpaired) electrons. The second kappa shape index (κ2) is 7.00. The van der Waals surface area contributed by atoms with Crippen LogP contribution in [0.4, 0.5) is 0 Å². The molecular weight excluding hydrogens is 264 g/mol. The number of primary amides is 1. The smallest absolute Gasteiger partial charge is 0.239 e. The van der Waals surface area contributed by atoms with Gasteiger partial charge in [-0.1, -0.05) is 13.0 Å². The zero-order valence-electron chi connectivity index (χ0n) is 13.0. The van der Waals surface area contributed by atoms with Crippen LogP contribution in [0.2, 0.25) is 0 Å². The molecule has 1 saturated carbocycles. The third-order valence-electron chi connectivity index (χ3n) is 4.20. The molecule has 21 heavy (non-hydrogen) atoms. The molecule has 1 aromatic heterocycles. The van der Waals surface area contributed by atoms with Crippen molar-refractivity contribution in [2.45, 2.75) is 31.7 Å². The molecule has 1 atom stereocenters. The first-order valence-electron chi connectivity index (χ1n) is 7.72. The number of aromatic nitrogens is 1. The molecule has 0 aromatic carbocycles. The highest BCUT2D eigenvalue weighted by Crippen LogP contribution is 2.40. The maximum absolute atomic E-state index is 12.0. The first-order valence-corrected chi connectivity index (χ1v) is 7.72. The van der Waals surface area contributed by atoms with Crippen molar-refractivity contribution >= 4 is 5.91 Å². The van der Waals surface area contributed by atoms with E-state index in [9.17, 15) is 4.79 Å². The lowest BCUT2D eigenvalue weighted by molar-refractivity contribution is -0.126. The van der Waals surface area contributed by atoms with Crippen molar-refractivity contribution in [2.24, 2.45) is 11.7 Å². The molecule has 3 N–H and O–H groups in total. The third-order valence-corrected chi connectivity index (χ3v) is 4.20. The Kier molecular flexibility index (Phi) is 5.31. The monoisotopic (exact) mass is 290 g/mol. The summed E-state index contributed by atoms with van der Waals surface area (Å²) in [6.45, 7) is 4.30. The van der Waals surface area contributed by atoms with Gasteiger partial charge in [-0.15, -0.1) is 0 Å². The second-order valence-electron chi connectivity index (χ2n) is 5.95. The van der Waals surface area contributed by atoms with Gasteiger partial charge in [-0.3, -0.25) is 9.78 Å². The van der Waals surface area contributed by atoms with Gasteiger partial charge < -0.3 is 16.0 Å². The normalized spacial score (nSPS) is 17.7. The Labute approximate surface area is 126 Å². The molecule has 1 unspecified atom stereocenters. The molecule has 1 fully saturated rings. The van der Waals surface area contributed by atoms with E-state index in [2.05, 4.69) is 15.2 Å². The van der Waals surface area contributed by atoms with Crippen LogP contribution in [-0.4, -0.2) is 48.0 Å². The first kappa shape index (κ1) is 15.9. The van der Waals surface area contributed by atoms with Crippen LogP contribution in [0.1, 0.15) is 25.5 Å². The molecule has 0 spiro atoms. The third kappa shape index (κ3) is 4.02. The number of likely N-dealkylation sites (N-methyl/N-ethyl adjacent to an activating group) is 2. The lowest BCUT2D eigenvalue weighted by Crippen LogP contribution is -2.62. The van der Waals surface area contributed by atoms with E-state index < -0.39 is 5.54 Å².